The van der Waals surface area contributed by atoms with E-state index in [0.717, 1.165) is 48.3 Å². The molecule has 51 heavy (non-hydrogen) atoms. The average Bonchev–Trinajstić information content (AvgIpc) is 3.61. The van der Waals surface area contributed by atoms with Crippen LogP contribution in [0.3, 0.4) is 0 Å². The van der Waals surface area contributed by atoms with Crippen LogP contribution in [0.15, 0.2) is 107 Å². The normalized spacial score (nSPS) is 17.7. The SMILES string of the molecule is COC(=O)[C@H](Cc1ccccc1)NC(=O)NCc1ccccc1-c1ccc([C@@H]2O[C@H](CSc3nnc(C)s3)C[C@H](c3ccc(CO)cc3)O2)cc1. The van der Waals surface area contributed by atoms with Crippen LogP contribution in [0.1, 0.15) is 51.6 Å². The number of aromatic nitrogens is 2. The fraction of sp³-hybridized carbons (Fsp3) is 0.282. The second-order valence-electron chi connectivity index (χ2n) is 12.1. The van der Waals surface area contributed by atoms with Crippen LogP contribution >= 0.6 is 23.1 Å². The third-order valence-corrected chi connectivity index (χ3v) is 10.6. The number of carbonyl (C=O) groups is 2. The number of aliphatic hydroxyl groups is 1. The standard InChI is InChI=1S/C39H40N4O6S2/c1-25-42-43-39(51-25)50-24-32-21-35(29-14-12-27(23-44)13-15-29)49-37(48-32)30-18-16-28(17-19-30)33-11-7-6-10-31(33)22-40-38(46)41-34(36(45)47-2)20-26-8-4-3-5-9-26/h3-19,32,34-35,37,44H,20-24H2,1-2H3,(H2,40,41,46)/t32-,34-,35+,37+/m0/s1. The third kappa shape index (κ3) is 9.81. The minimum atomic E-state index is -0.823. The number of benzene rings is 4. The number of rotatable bonds is 13. The summed E-state index contributed by atoms with van der Waals surface area (Å²) in [5.41, 5.74) is 6.53. The number of nitrogens with one attached hydrogen (secondary N) is 2. The first kappa shape index (κ1) is 36.2. The lowest BCUT2D eigenvalue weighted by Crippen LogP contribution is -2.47. The number of ether oxygens (including phenoxy) is 3. The van der Waals surface area contributed by atoms with Crippen molar-refractivity contribution >= 4 is 35.1 Å². The molecule has 4 atom stereocenters. The molecule has 2 heterocycles. The predicted octanol–water partition coefficient (Wildman–Crippen LogP) is 6.93. The molecule has 0 aliphatic carbocycles. The number of hydrogen-bond donors (Lipinski definition) is 3. The van der Waals surface area contributed by atoms with Crippen molar-refractivity contribution in [3.05, 3.63) is 136 Å². The number of aliphatic hydroxyl groups excluding tert-OH is 1. The van der Waals surface area contributed by atoms with Crippen molar-refractivity contribution in [3.63, 3.8) is 0 Å². The van der Waals surface area contributed by atoms with E-state index < -0.39 is 24.3 Å². The van der Waals surface area contributed by atoms with E-state index in [1.54, 1.807) is 23.1 Å². The molecular weight excluding hydrogens is 685 g/mol. The fourth-order valence-electron chi connectivity index (χ4n) is 5.87. The Hall–Kier alpha value is -4.59. The molecular formula is C39H40N4O6S2. The maximum absolute atomic E-state index is 12.9. The summed E-state index contributed by atoms with van der Waals surface area (Å²) in [7, 11) is 1.31. The summed E-state index contributed by atoms with van der Waals surface area (Å²) in [5.74, 6) is 0.196. The smallest absolute Gasteiger partial charge is 0.328 e. The van der Waals surface area contributed by atoms with Crippen molar-refractivity contribution in [2.75, 3.05) is 12.9 Å². The van der Waals surface area contributed by atoms with Gasteiger partial charge in [0.15, 0.2) is 10.6 Å². The highest BCUT2D eigenvalue weighted by molar-refractivity contribution is 8.01. The molecule has 1 saturated heterocycles. The van der Waals surface area contributed by atoms with Crippen molar-refractivity contribution in [2.24, 2.45) is 0 Å². The van der Waals surface area contributed by atoms with E-state index in [0.29, 0.717) is 18.6 Å². The number of esters is 1. The van der Waals surface area contributed by atoms with Gasteiger partial charge in [0.05, 0.1) is 25.9 Å². The van der Waals surface area contributed by atoms with Gasteiger partial charge in [0.2, 0.25) is 0 Å². The molecule has 1 aromatic heterocycles. The number of thioether (sulfide) groups is 1. The quantitative estimate of drug-likeness (QED) is 0.0874. The highest BCUT2D eigenvalue weighted by Gasteiger charge is 2.32. The number of hydrogen-bond acceptors (Lipinski definition) is 10. The first-order chi connectivity index (χ1) is 24.9. The summed E-state index contributed by atoms with van der Waals surface area (Å²) < 4.78 is 18.9. The lowest BCUT2D eigenvalue weighted by molar-refractivity contribution is -0.245. The predicted molar refractivity (Wildman–Crippen MR) is 197 cm³/mol. The summed E-state index contributed by atoms with van der Waals surface area (Å²) in [4.78, 5) is 25.4. The van der Waals surface area contributed by atoms with Gasteiger partial charge in [0.25, 0.3) is 0 Å². The van der Waals surface area contributed by atoms with E-state index in [-0.39, 0.29) is 25.4 Å². The van der Waals surface area contributed by atoms with Gasteiger partial charge in [-0.3, -0.25) is 0 Å². The molecule has 4 aromatic carbocycles. The number of nitrogens with zero attached hydrogens (tertiary/aromatic N) is 2. The Morgan fingerprint density at radius 2 is 1.65 bits per heavy atom. The first-order valence-corrected chi connectivity index (χ1v) is 18.5. The Kier molecular flexibility index (Phi) is 12.5. The first-order valence-electron chi connectivity index (χ1n) is 16.7. The van der Waals surface area contributed by atoms with Crippen molar-refractivity contribution < 1.29 is 28.9 Å². The Morgan fingerprint density at radius 1 is 0.922 bits per heavy atom. The number of urea groups is 1. The van der Waals surface area contributed by atoms with Crippen LogP contribution in [0.5, 0.6) is 0 Å². The van der Waals surface area contributed by atoms with Crippen LogP contribution < -0.4 is 10.6 Å². The Labute approximate surface area is 305 Å². The maximum atomic E-state index is 12.9. The van der Waals surface area contributed by atoms with Gasteiger partial charge in [0.1, 0.15) is 11.0 Å². The topological polar surface area (TPSA) is 132 Å². The summed E-state index contributed by atoms with van der Waals surface area (Å²) >= 11 is 3.21. The van der Waals surface area contributed by atoms with Crippen LogP contribution in [-0.2, 0) is 38.6 Å². The molecule has 3 N–H and O–H groups in total. The molecule has 0 radical (unpaired) electrons. The van der Waals surface area contributed by atoms with Crippen LogP contribution in [-0.4, -0.2) is 52.3 Å². The molecule has 0 bridgehead atoms. The molecule has 264 valence electrons. The van der Waals surface area contributed by atoms with Crippen LogP contribution in [0, 0.1) is 6.92 Å². The van der Waals surface area contributed by atoms with Crippen molar-refractivity contribution in [3.8, 4) is 11.1 Å². The van der Waals surface area contributed by atoms with Crippen LogP contribution in [0.25, 0.3) is 11.1 Å². The lowest BCUT2D eigenvalue weighted by Gasteiger charge is -2.36. The minimum Gasteiger partial charge on any atom is -0.467 e. The molecule has 1 fully saturated rings. The molecule has 2 amide bonds. The molecule has 1 aliphatic rings. The third-order valence-electron chi connectivity index (χ3n) is 8.54. The molecule has 1 aliphatic heterocycles. The van der Waals surface area contributed by atoms with Gasteiger partial charge in [-0.05, 0) is 40.3 Å². The van der Waals surface area contributed by atoms with Crippen LogP contribution in [0.2, 0.25) is 0 Å². The maximum Gasteiger partial charge on any atom is 0.328 e. The molecule has 12 heteroatoms. The summed E-state index contributed by atoms with van der Waals surface area (Å²) in [6.45, 7) is 2.18. The van der Waals surface area contributed by atoms with E-state index in [9.17, 15) is 14.7 Å². The van der Waals surface area contributed by atoms with Gasteiger partial charge in [-0.1, -0.05) is 126 Å². The Morgan fingerprint density at radius 3 is 2.35 bits per heavy atom. The average molecular weight is 725 g/mol. The zero-order chi connectivity index (χ0) is 35.6. The van der Waals surface area contributed by atoms with E-state index in [1.165, 1.54) is 7.11 Å². The molecule has 5 aromatic rings. The zero-order valence-corrected chi connectivity index (χ0v) is 30.0. The van der Waals surface area contributed by atoms with Crippen LogP contribution in [0.4, 0.5) is 4.79 Å². The largest absolute Gasteiger partial charge is 0.467 e. The summed E-state index contributed by atoms with van der Waals surface area (Å²) in [5, 5.41) is 24.5. The second-order valence-corrected chi connectivity index (χ2v) is 14.6. The van der Waals surface area contributed by atoms with Crippen molar-refractivity contribution in [1.29, 1.82) is 0 Å². The van der Waals surface area contributed by atoms with Crippen molar-refractivity contribution in [2.45, 2.75) is 61.8 Å². The number of aryl methyl sites for hydroxylation is 1. The van der Waals surface area contributed by atoms with E-state index >= 15 is 0 Å². The lowest BCUT2D eigenvalue weighted by atomic mass is 9.98. The summed E-state index contributed by atoms with van der Waals surface area (Å²) in [6, 6.07) is 32.0. The fourth-order valence-corrected chi connectivity index (χ4v) is 7.73. The molecule has 0 spiro atoms. The van der Waals surface area contributed by atoms with Gasteiger partial charge < -0.3 is 30.0 Å². The number of amides is 2. The number of methoxy groups -OCH3 is 1. The van der Waals surface area contributed by atoms with E-state index in [4.69, 9.17) is 14.2 Å². The molecule has 0 saturated carbocycles. The monoisotopic (exact) mass is 724 g/mol. The Bertz CT molecular complexity index is 1890. The van der Waals surface area contributed by atoms with Gasteiger partial charge >= 0.3 is 12.0 Å². The van der Waals surface area contributed by atoms with E-state index in [2.05, 4.69) is 20.8 Å². The highest BCUT2D eigenvalue weighted by Crippen LogP contribution is 2.40. The van der Waals surface area contributed by atoms with Crippen molar-refractivity contribution in [1.82, 2.24) is 20.8 Å². The minimum absolute atomic E-state index is 0.0125. The van der Waals surface area contributed by atoms with Gasteiger partial charge in [-0.25, -0.2) is 9.59 Å². The van der Waals surface area contributed by atoms with Gasteiger partial charge in [-0.15, -0.1) is 10.2 Å². The van der Waals surface area contributed by atoms with Gasteiger partial charge in [-0.2, -0.15) is 0 Å². The number of carbonyl (C=O) groups excluding carboxylic acids is 2. The Balaban J connectivity index is 1.13. The van der Waals surface area contributed by atoms with E-state index in [1.807, 2.05) is 110 Å². The van der Waals surface area contributed by atoms with Gasteiger partial charge in [0, 0.05) is 30.7 Å². The summed E-state index contributed by atoms with van der Waals surface area (Å²) in [6.07, 6.45) is 0.124. The second kappa shape index (κ2) is 17.6. The molecule has 0 unspecified atom stereocenters. The zero-order valence-electron chi connectivity index (χ0n) is 28.4. The highest BCUT2D eigenvalue weighted by atomic mass is 32.2. The molecule has 10 nitrogen and oxygen atoms in total. The molecule has 6 rings (SSSR count).